The van der Waals surface area contributed by atoms with Crippen molar-refractivity contribution in [1.29, 1.82) is 0 Å². The number of hydrogen-bond acceptors (Lipinski definition) is 4. The summed E-state index contributed by atoms with van der Waals surface area (Å²) in [6, 6.07) is 6.17. The molecule has 106 valence electrons. The Morgan fingerprint density at radius 3 is 2.65 bits per heavy atom. The summed E-state index contributed by atoms with van der Waals surface area (Å²) in [4.78, 5) is 34.2. The molecular formula is C13H14N2O5. The predicted octanol–water partition coefficient (Wildman–Crippen LogP) is 1.54. The highest BCUT2D eigenvalue weighted by atomic mass is 16.6. The maximum Gasteiger partial charge on any atom is 0.414 e. The van der Waals surface area contributed by atoms with Gasteiger partial charge in [-0.15, -0.1) is 0 Å². The van der Waals surface area contributed by atoms with Crippen molar-refractivity contribution in [3.8, 4) is 0 Å². The number of amides is 2. The Labute approximate surface area is 115 Å². The van der Waals surface area contributed by atoms with E-state index in [2.05, 4.69) is 5.32 Å². The number of cyclic esters (lactones) is 1. The van der Waals surface area contributed by atoms with Crippen molar-refractivity contribution in [2.24, 2.45) is 0 Å². The van der Waals surface area contributed by atoms with E-state index >= 15 is 0 Å². The van der Waals surface area contributed by atoms with E-state index < -0.39 is 18.2 Å². The van der Waals surface area contributed by atoms with Crippen LogP contribution >= 0.6 is 0 Å². The molecule has 2 N–H and O–H groups in total. The van der Waals surface area contributed by atoms with Gasteiger partial charge in [0.15, 0.2) is 0 Å². The van der Waals surface area contributed by atoms with Crippen LogP contribution in [0.4, 0.5) is 15.3 Å². The molecule has 1 aromatic rings. The minimum Gasteiger partial charge on any atom is -0.465 e. The zero-order valence-corrected chi connectivity index (χ0v) is 10.6. The number of carbonyl (C=O) groups excluding carboxylic acids is 2. The number of ether oxygens (including phenoxy) is 1. The Kier molecular flexibility index (Phi) is 4.19. The summed E-state index contributed by atoms with van der Waals surface area (Å²) < 4.78 is 4.84. The van der Waals surface area contributed by atoms with Gasteiger partial charge in [0.2, 0.25) is 0 Å². The van der Waals surface area contributed by atoms with Crippen LogP contribution in [0.3, 0.4) is 0 Å². The first-order valence-corrected chi connectivity index (χ1v) is 6.09. The normalized spacial score (nSPS) is 15.6. The van der Waals surface area contributed by atoms with E-state index in [1.54, 1.807) is 24.3 Å². The Hall–Kier alpha value is -2.57. The van der Waals surface area contributed by atoms with E-state index in [0.717, 1.165) is 0 Å². The highest BCUT2D eigenvalue weighted by Gasteiger charge is 2.23. The Morgan fingerprint density at radius 1 is 1.45 bits per heavy atom. The lowest BCUT2D eigenvalue weighted by Crippen LogP contribution is -2.27. The van der Waals surface area contributed by atoms with Crippen LogP contribution < -0.4 is 10.2 Å². The van der Waals surface area contributed by atoms with E-state index in [4.69, 9.17) is 9.84 Å². The molecule has 0 aromatic heterocycles. The maximum absolute atomic E-state index is 11.4. The van der Waals surface area contributed by atoms with E-state index in [9.17, 15) is 14.4 Å². The number of aldehydes is 1. The SMILES string of the molecule is O=CC[C@@H](NC(=O)O)c1ccc(N2CCOC2=O)cc1. The van der Waals surface area contributed by atoms with Crippen molar-refractivity contribution >= 4 is 24.2 Å². The molecule has 1 saturated heterocycles. The number of carbonyl (C=O) groups is 3. The molecule has 2 amide bonds. The fraction of sp³-hybridized carbons (Fsp3) is 0.308. The highest BCUT2D eigenvalue weighted by Crippen LogP contribution is 2.23. The first-order valence-electron chi connectivity index (χ1n) is 6.09. The quantitative estimate of drug-likeness (QED) is 0.796. The highest BCUT2D eigenvalue weighted by molar-refractivity contribution is 5.89. The molecule has 0 spiro atoms. The molecule has 0 saturated carbocycles. The van der Waals surface area contributed by atoms with E-state index in [1.807, 2.05) is 0 Å². The number of hydrogen-bond donors (Lipinski definition) is 2. The molecule has 1 aliphatic rings. The third kappa shape index (κ3) is 3.05. The molecule has 1 aliphatic heterocycles. The van der Waals surface area contributed by atoms with Crippen molar-refractivity contribution in [2.45, 2.75) is 12.5 Å². The Bertz CT molecular complexity index is 514. The molecule has 7 heteroatoms. The summed E-state index contributed by atoms with van der Waals surface area (Å²) in [6.45, 7) is 0.845. The lowest BCUT2D eigenvalue weighted by Gasteiger charge is -2.17. The van der Waals surface area contributed by atoms with Gasteiger partial charge in [-0.3, -0.25) is 4.90 Å². The number of anilines is 1. The fourth-order valence-corrected chi connectivity index (χ4v) is 2.04. The van der Waals surface area contributed by atoms with Crippen LogP contribution in [0, 0.1) is 0 Å². The minimum absolute atomic E-state index is 0.0530. The summed E-state index contributed by atoms with van der Waals surface area (Å²) in [7, 11) is 0. The zero-order valence-electron chi connectivity index (χ0n) is 10.6. The van der Waals surface area contributed by atoms with Gasteiger partial charge in [0.25, 0.3) is 0 Å². The molecule has 7 nitrogen and oxygen atoms in total. The predicted molar refractivity (Wildman–Crippen MR) is 69.7 cm³/mol. The number of nitrogens with one attached hydrogen (secondary N) is 1. The molecule has 1 fully saturated rings. The summed E-state index contributed by atoms with van der Waals surface area (Å²) in [5.74, 6) is 0. The van der Waals surface area contributed by atoms with E-state index in [1.165, 1.54) is 4.90 Å². The first kappa shape index (κ1) is 13.9. The molecule has 2 rings (SSSR count). The molecule has 0 aliphatic carbocycles. The Morgan fingerprint density at radius 2 is 2.15 bits per heavy atom. The number of nitrogens with zero attached hydrogens (tertiary/aromatic N) is 1. The number of carboxylic acid groups (broad SMARTS) is 1. The zero-order chi connectivity index (χ0) is 14.5. The second-order valence-electron chi connectivity index (χ2n) is 4.26. The summed E-state index contributed by atoms with van der Waals surface area (Å²) >= 11 is 0. The van der Waals surface area contributed by atoms with Gasteiger partial charge in [-0.2, -0.15) is 0 Å². The summed E-state index contributed by atoms with van der Waals surface area (Å²) in [5, 5.41) is 11.0. The Balaban J connectivity index is 2.14. The van der Waals surface area contributed by atoms with Gasteiger partial charge in [-0.05, 0) is 17.7 Å². The van der Waals surface area contributed by atoms with Crippen LogP contribution in [-0.4, -0.2) is 36.7 Å². The van der Waals surface area contributed by atoms with Crippen LogP contribution in [0.25, 0.3) is 0 Å². The van der Waals surface area contributed by atoms with E-state index in [-0.39, 0.29) is 6.42 Å². The molecular weight excluding hydrogens is 264 g/mol. The van der Waals surface area contributed by atoms with Crippen molar-refractivity contribution in [3.05, 3.63) is 29.8 Å². The van der Waals surface area contributed by atoms with Gasteiger partial charge < -0.3 is 20.0 Å². The second-order valence-corrected chi connectivity index (χ2v) is 4.26. The third-order valence-corrected chi connectivity index (χ3v) is 3.00. The smallest absolute Gasteiger partial charge is 0.414 e. The summed E-state index contributed by atoms with van der Waals surface area (Å²) in [6.07, 6.45) is -0.876. The van der Waals surface area contributed by atoms with Crippen molar-refractivity contribution in [1.82, 2.24) is 5.32 Å². The van der Waals surface area contributed by atoms with Crippen LogP contribution in [0.1, 0.15) is 18.0 Å². The number of benzene rings is 1. The van der Waals surface area contributed by atoms with Gasteiger partial charge in [-0.25, -0.2) is 9.59 Å². The van der Waals surface area contributed by atoms with E-state index in [0.29, 0.717) is 30.7 Å². The average molecular weight is 278 g/mol. The van der Waals surface area contributed by atoms with Crippen LogP contribution in [-0.2, 0) is 9.53 Å². The van der Waals surface area contributed by atoms with Crippen LogP contribution in [0.5, 0.6) is 0 Å². The third-order valence-electron chi connectivity index (χ3n) is 3.00. The molecule has 0 unspecified atom stereocenters. The van der Waals surface area contributed by atoms with Gasteiger partial charge >= 0.3 is 12.2 Å². The van der Waals surface area contributed by atoms with Gasteiger partial charge in [0.05, 0.1) is 12.6 Å². The molecule has 0 radical (unpaired) electrons. The lowest BCUT2D eigenvalue weighted by atomic mass is 10.0. The maximum atomic E-state index is 11.4. The lowest BCUT2D eigenvalue weighted by molar-refractivity contribution is -0.108. The summed E-state index contributed by atoms with van der Waals surface area (Å²) in [5.41, 5.74) is 1.34. The molecule has 1 aromatic carbocycles. The monoisotopic (exact) mass is 278 g/mol. The largest absolute Gasteiger partial charge is 0.465 e. The second kappa shape index (κ2) is 6.05. The van der Waals surface area contributed by atoms with Crippen LogP contribution in [0.15, 0.2) is 24.3 Å². The van der Waals surface area contributed by atoms with Crippen molar-refractivity contribution in [3.63, 3.8) is 0 Å². The first-order chi connectivity index (χ1) is 9.61. The molecule has 1 atom stereocenters. The molecule has 1 heterocycles. The van der Waals surface area contributed by atoms with Crippen molar-refractivity contribution < 1.29 is 24.2 Å². The topological polar surface area (TPSA) is 95.9 Å². The molecule has 20 heavy (non-hydrogen) atoms. The number of rotatable bonds is 5. The van der Waals surface area contributed by atoms with Gasteiger partial charge in [0, 0.05) is 12.1 Å². The van der Waals surface area contributed by atoms with Gasteiger partial charge in [-0.1, -0.05) is 12.1 Å². The fourth-order valence-electron chi connectivity index (χ4n) is 2.04. The minimum atomic E-state index is -1.19. The van der Waals surface area contributed by atoms with Gasteiger partial charge in [0.1, 0.15) is 12.9 Å². The standard InChI is InChI=1S/C13H14N2O5/c16-7-5-11(14-12(17)18)9-1-3-10(4-2-9)15-6-8-20-13(15)19/h1-4,7,11,14H,5-6,8H2,(H,17,18)/t11-/m1/s1. The van der Waals surface area contributed by atoms with Crippen molar-refractivity contribution in [2.75, 3.05) is 18.1 Å². The average Bonchev–Trinajstić information content (AvgIpc) is 2.84. The molecule has 0 bridgehead atoms. The van der Waals surface area contributed by atoms with Crippen LogP contribution in [0.2, 0.25) is 0 Å².